The molecule has 1 fully saturated rings. The van der Waals surface area contributed by atoms with E-state index in [4.69, 9.17) is 4.74 Å². The molecule has 1 aromatic rings. The second-order valence-electron chi connectivity index (χ2n) is 4.62. The maximum absolute atomic E-state index is 11.5. The predicted molar refractivity (Wildman–Crippen MR) is 77.3 cm³/mol. The molecule has 1 heterocycles. The van der Waals surface area contributed by atoms with Crippen LogP contribution in [0.15, 0.2) is 30.3 Å². The van der Waals surface area contributed by atoms with E-state index in [1.807, 2.05) is 30.3 Å². The Bertz CT molecular complexity index is 369. The zero-order valence-corrected chi connectivity index (χ0v) is 11.7. The molecule has 0 bridgehead atoms. The van der Waals surface area contributed by atoms with E-state index in [1.54, 1.807) is 0 Å². The van der Waals surface area contributed by atoms with Crippen LogP contribution in [0.4, 0.5) is 0 Å². The monoisotopic (exact) mass is 284 g/mol. The number of ether oxygens (including phenoxy) is 1. The van der Waals surface area contributed by atoms with Crippen LogP contribution in [0.1, 0.15) is 12.0 Å². The minimum atomic E-state index is 0. The van der Waals surface area contributed by atoms with Crippen molar-refractivity contribution in [1.82, 2.24) is 10.6 Å². The first kappa shape index (κ1) is 16.0. The molecule has 0 saturated carbocycles. The summed E-state index contributed by atoms with van der Waals surface area (Å²) in [4.78, 5) is 11.5. The van der Waals surface area contributed by atoms with Crippen molar-refractivity contribution in [3.05, 3.63) is 35.9 Å². The van der Waals surface area contributed by atoms with Crippen LogP contribution >= 0.6 is 12.4 Å². The van der Waals surface area contributed by atoms with E-state index >= 15 is 0 Å². The first-order valence-electron chi connectivity index (χ1n) is 6.43. The van der Waals surface area contributed by atoms with E-state index in [-0.39, 0.29) is 18.3 Å². The largest absolute Gasteiger partial charge is 0.376 e. The summed E-state index contributed by atoms with van der Waals surface area (Å²) in [6, 6.07) is 9.98. The minimum Gasteiger partial charge on any atom is -0.376 e. The smallest absolute Gasteiger partial charge is 0.222 e. The lowest BCUT2D eigenvalue weighted by molar-refractivity contribution is -0.122. The first-order chi connectivity index (χ1) is 8.84. The highest BCUT2D eigenvalue weighted by molar-refractivity contribution is 5.85. The molecule has 2 N–H and O–H groups in total. The average Bonchev–Trinajstić information content (AvgIpc) is 2.34. The maximum atomic E-state index is 11.5. The summed E-state index contributed by atoms with van der Waals surface area (Å²) in [6.45, 7) is 3.87. The third-order valence-electron chi connectivity index (χ3n) is 3.04. The number of halogens is 1. The highest BCUT2D eigenvalue weighted by atomic mass is 35.5. The van der Waals surface area contributed by atoms with Gasteiger partial charge >= 0.3 is 0 Å². The van der Waals surface area contributed by atoms with E-state index in [2.05, 4.69) is 10.6 Å². The minimum absolute atomic E-state index is 0. The van der Waals surface area contributed by atoms with Gasteiger partial charge in [-0.1, -0.05) is 30.3 Å². The van der Waals surface area contributed by atoms with Gasteiger partial charge in [0.05, 0.1) is 13.2 Å². The average molecular weight is 285 g/mol. The number of benzene rings is 1. The van der Waals surface area contributed by atoms with E-state index in [0.717, 1.165) is 25.2 Å². The Morgan fingerprint density at radius 1 is 1.32 bits per heavy atom. The lowest BCUT2D eigenvalue weighted by atomic mass is 10.0. The van der Waals surface area contributed by atoms with Gasteiger partial charge in [-0.25, -0.2) is 0 Å². The zero-order valence-electron chi connectivity index (χ0n) is 10.9. The molecule has 0 radical (unpaired) electrons. The number of carbonyl (C=O) groups excluding carboxylic acids is 1. The van der Waals surface area contributed by atoms with Crippen molar-refractivity contribution in [3.63, 3.8) is 0 Å². The molecule has 106 valence electrons. The summed E-state index contributed by atoms with van der Waals surface area (Å²) in [5.41, 5.74) is 1.14. The zero-order chi connectivity index (χ0) is 12.6. The molecule has 0 unspecified atom stereocenters. The third-order valence-corrected chi connectivity index (χ3v) is 3.04. The van der Waals surface area contributed by atoms with Crippen molar-refractivity contribution in [2.75, 3.05) is 26.2 Å². The number of hydrogen-bond donors (Lipinski definition) is 2. The second kappa shape index (κ2) is 8.91. The molecule has 1 aliphatic heterocycles. The number of hydrogen-bond acceptors (Lipinski definition) is 3. The van der Waals surface area contributed by atoms with Crippen LogP contribution in [0, 0.1) is 5.92 Å². The van der Waals surface area contributed by atoms with E-state index in [9.17, 15) is 4.79 Å². The van der Waals surface area contributed by atoms with Gasteiger partial charge in [0.1, 0.15) is 0 Å². The van der Waals surface area contributed by atoms with Crippen LogP contribution in [-0.4, -0.2) is 32.1 Å². The van der Waals surface area contributed by atoms with Gasteiger partial charge in [-0.2, -0.15) is 0 Å². The summed E-state index contributed by atoms with van der Waals surface area (Å²) in [6.07, 6.45) is 0.437. The molecule has 0 atom stereocenters. The van der Waals surface area contributed by atoms with Gasteiger partial charge in [0, 0.05) is 32.0 Å². The molecular weight excluding hydrogens is 264 g/mol. The van der Waals surface area contributed by atoms with Gasteiger partial charge in [0.25, 0.3) is 0 Å². The van der Waals surface area contributed by atoms with Gasteiger partial charge < -0.3 is 15.4 Å². The van der Waals surface area contributed by atoms with Crippen LogP contribution in [0.5, 0.6) is 0 Å². The molecule has 19 heavy (non-hydrogen) atoms. The van der Waals surface area contributed by atoms with Crippen LogP contribution < -0.4 is 10.6 Å². The lowest BCUT2D eigenvalue weighted by Gasteiger charge is -2.27. The lowest BCUT2D eigenvalue weighted by Crippen LogP contribution is -2.48. The summed E-state index contributed by atoms with van der Waals surface area (Å²) in [5.74, 6) is 0.689. The van der Waals surface area contributed by atoms with Crippen molar-refractivity contribution in [1.29, 1.82) is 0 Å². The normalized spacial score (nSPS) is 14.3. The fourth-order valence-electron chi connectivity index (χ4n) is 1.77. The molecule has 0 spiro atoms. The number of rotatable bonds is 7. The Kier molecular flexibility index (Phi) is 7.48. The van der Waals surface area contributed by atoms with Crippen LogP contribution in [0.3, 0.4) is 0 Å². The molecule has 0 aromatic heterocycles. The third kappa shape index (κ3) is 6.05. The fourth-order valence-corrected chi connectivity index (χ4v) is 1.77. The first-order valence-corrected chi connectivity index (χ1v) is 6.43. The molecule has 1 amide bonds. The van der Waals surface area contributed by atoms with Crippen molar-refractivity contribution in [2.24, 2.45) is 5.92 Å². The van der Waals surface area contributed by atoms with E-state index < -0.39 is 0 Å². The molecule has 1 aromatic carbocycles. The van der Waals surface area contributed by atoms with Crippen LogP contribution in [0.25, 0.3) is 0 Å². The van der Waals surface area contributed by atoms with Gasteiger partial charge in [-0.3, -0.25) is 4.79 Å². The molecule has 1 aliphatic rings. The highest BCUT2D eigenvalue weighted by Crippen LogP contribution is 2.01. The SMILES string of the molecule is Cl.O=C(CCOCc1ccccc1)NCC1CNC1. The van der Waals surface area contributed by atoms with Gasteiger partial charge in [-0.15, -0.1) is 12.4 Å². The summed E-state index contributed by atoms with van der Waals surface area (Å²) in [5, 5.41) is 6.10. The molecule has 5 heteroatoms. The second-order valence-corrected chi connectivity index (χ2v) is 4.62. The van der Waals surface area contributed by atoms with E-state index in [1.165, 1.54) is 0 Å². The highest BCUT2D eigenvalue weighted by Gasteiger charge is 2.16. The van der Waals surface area contributed by atoms with Crippen molar-refractivity contribution < 1.29 is 9.53 Å². The molecule has 1 saturated heterocycles. The van der Waals surface area contributed by atoms with Crippen LogP contribution in [-0.2, 0) is 16.1 Å². The maximum Gasteiger partial charge on any atom is 0.222 e. The van der Waals surface area contributed by atoms with Crippen molar-refractivity contribution in [3.8, 4) is 0 Å². The van der Waals surface area contributed by atoms with E-state index in [0.29, 0.717) is 25.6 Å². The summed E-state index contributed by atoms with van der Waals surface area (Å²) in [7, 11) is 0. The van der Waals surface area contributed by atoms with Gasteiger partial charge in [0.15, 0.2) is 0 Å². The Morgan fingerprint density at radius 3 is 2.68 bits per heavy atom. The van der Waals surface area contributed by atoms with Crippen LogP contribution in [0.2, 0.25) is 0 Å². The summed E-state index contributed by atoms with van der Waals surface area (Å²) >= 11 is 0. The number of nitrogens with one attached hydrogen (secondary N) is 2. The van der Waals surface area contributed by atoms with Gasteiger partial charge in [0.2, 0.25) is 5.91 Å². The predicted octanol–water partition coefficient (Wildman–Crippen LogP) is 1.35. The quantitative estimate of drug-likeness (QED) is 0.743. The standard InChI is InChI=1S/C14H20N2O2.ClH/c17-14(16-10-13-8-15-9-13)6-7-18-11-12-4-2-1-3-5-12;/h1-5,13,15H,6-11H2,(H,16,17);1H. The van der Waals surface area contributed by atoms with Crippen molar-refractivity contribution >= 4 is 18.3 Å². The Balaban J connectivity index is 0.00000180. The summed E-state index contributed by atoms with van der Waals surface area (Å²) < 4.78 is 5.46. The number of amides is 1. The Morgan fingerprint density at radius 2 is 2.05 bits per heavy atom. The molecule has 0 aliphatic carbocycles. The van der Waals surface area contributed by atoms with Crippen molar-refractivity contribution in [2.45, 2.75) is 13.0 Å². The topological polar surface area (TPSA) is 50.4 Å². The Hall–Kier alpha value is -1.10. The number of carbonyl (C=O) groups is 1. The molecule has 2 rings (SSSR count). The van der Waals surface area contributed by atoms with Gasteiger partial charge in [-0.05, 0) is 5.56 Å². The molecular formula is C14H21ClN2O2. The Labute approximate surface area is 120 Å². The fraction of sp³-hybridized carbons (Fsp3) is 0.500. The molecule has 4 nitrogen and oxygen atoms in total.